The minimum Gasteiger partial charge on any atom is -0.438 e. The van der Waals surface area contributed by atoms with Crippen LogP contribution < -0.4 is 4.74 Å². The lowest BCUT2D eigenvalue weighted by Gasteiger charge is -2.08. The van der Waals surface area contributed by atoms with Gasteiger partial charge in [-0.15, -0.1) is 0 Å². The van der Waals surface area contributed by atoms with E-state index < -0.39 is 14.8 Å². The molecule has 0 aliphatic heterocycles. The molecule has 0 aliphatic carbocycles. The summed E-state index contributed by atoms with van der Waals surface area (Å²) < 4.78 is 29.1. The average molecular weight is 380 g/mol. The highest BCUT2D eigenvalue weighted by Gasteiger charge is 2.15. The number of rotatable bonds is 4. The van der Waals surface area contributed by atoms with Crippen molar-refractivity contribution in [3.05, 3.63) is 57.9 Å². The maximum absolute atomic E-state index is 11.7. The Kier molecular flexibility index (Phi) is 4.27. The predicted octanol–water partition coefficient (Wildman–Crippen LogP) is 3.39. The van der Waals surface area contributed by atoms with Crippen molar-refractivity contribution in [2.24, 2.45) is 0 Å². The lowest BCUT2D eigenvalue weighted by atomic mass is 10.2. The molecule has 0 atom stereocenters. The second kappa shape index (κ2) is 6.26. The normalized spacial score (nSPS) is 11.4. The van der Waals surface area contributed by atoms with Gasteiger partial charge in [-0.05, 0) is 24.3 Å². The molecule has 0 amide bonds. The van der Waals surface area contributed by atoms with Gasteiger partial charge in [0.05, 0.1) is 20.7 Å². The summed E-state index contributed by atoms with van der Waals surface area (Å²) in [5.41, 5.74) is 0.242. The van der Waals surface area contributed by atoms with E-state index in [1.807, 2.05) is 0 Å². The zero-order valence-electron chi connectivity index (χ0n) is 12.7. The van der Waals surface area contributed by atoms with Crippen molar-refractivity contribution in [2.45, 2.75) is 4.90 Å². The molecule has 128 valence electrons. The second-order valence-electron chi connectivity index (χ2n) is 5.10. The minimum atomic E-state index is -3.41. The molecule has 0 unspecified atom stereocenters. The van der Waals surface area contributed by atoms with E-state index in [0.29, 0.717) is 10.9 Å². The Bertz CT molecular complexity index is 1100. The molecule has 8 nitrogen and oxygen atoms in total. The second-order valence-corrected chi connectivity index (χ2v) is 7.53. The van der Waals surface area contributed by atoms with Crippen LogP contribution in [-0.4, -0.2) is 29.6 Å². The van der Waals surface area contributed by atoms with Crippen LogP contribution in [0.25, 0.3) is 10.9 Å². The highest BCUT2D eigenvalue weighted by molar-refractivity contribution is 7.90. The van der Waals surface area contributed by atoms with Gasteiger partial charge in [-0.1, -0.05) is 11.6 Å². The Balaban J connectivity index is 2.07. The summed E-state index contributed by atoms with van der Waals surface area (Å²) in [5, 5.41) is 11.1. The number of fused-ring (bicyclic) bond motifs is 1. The zero-order chi connectivity index (χ0) is 18.2. The van der Waals surface area contributed by atoms with E-state index in [9.17, 15) is 18.5 Å². The Labute approximate surface area is 147 Å². The van der Waals surface area contributed by atoms with E-state index in [4.69, 9.17) is 16.3 Å². The standard InChI is InChI=1S/C15H10ClN3O5S/c1-25(22,23)10-3-4-13-11(7-10)15(18-8-17-13)24-9-2-5-14(19(20)21)12(16)6-9/h2-8H,1H3. The number of nitro groups is 1. The van der Waals surface area contributed by atoms with Gasteiger partial charge in [-0.25, -0.2) is 18.4 Å². The first kappa shape index (κ1) is 17.1. The predicted molar refractivity (Wildman–Crippen MR) is 90.8 cm³/mol. The van der Waals surface area contributed by atoms with Crippen molar-refractivity contribution < 1.29 is 18.1 Å². The number of benzene rings is 2. The molecule has 0 bridgehead atoms. The third kappa shape index (κ3) is 3.52. The van der Waals surface area contributed by atoms with Crippen LogP contribution in [0.3, 0.4) is 0 Å². The molecule has 0 radical (unpaired) electrons. The van der Waals surface area contributed by atoms with Crippen LogP contribution in [0.15, 0.2) is 47.6 Å². The van der Waals surface area contributed by atoms with Crippen molar-refractivity contribution >= 4 is 38.0 Å². The van der Waals surface area contributed by atoms with E-state index in [2.05, 4.69) is 9.97 Å². The number of sulfone groups is 1. The van der Waals surface area contributed by atoms with Gasteiger partial charge in [-0.3, -0.25) is 10.1 Å². The molecule has 25 heavy (non-hydrogen) atoms. The van der Waals surface area contributed by atoms with E-state index in [0.717, 1.165) is 6.26 Å². The molecule has 0 saturated carbocycles. The number of nitrogens with zero attached hydrogens (tertiary/aromatic N) is 3. The summed E-state index contributed by atoms with van der Waals surface area (Å²) in [6, 6.07) is 8.27. The van der Waals surface area contributed by atoms with Gasteiger partial charge >= 0.3 is 0 Å². The van der Waals surface area contributed by atoms with Crippen LogP contribution in [0, 0.1) is 10.1 Å². The highest BCUT2D eigenvalue weighted by Crippen LogP contribution is 2.33. The molecule has 3 aromatic rings. The molecule has 0 N–H and O–H groups in total. The summed E-state index contributed by atoms with van der Waals surface area (Å²) in [7, 11) is -3.41. The fourth-order valence-electron chi connectivity index (χ4n) is 2.13. The number of aromatic nitrogens is 2. The molecule has 10 heteroatoms. The largest absolute Gasteiger partial charge is 0.438 e. The molecule has 3 rings (SSSR count). The van der Waals surface area contributed by atoms with Gasteiger partial charge in [0.2, 0.25) is 5.88 Å². The van der Waals surface area contributed by atoms with Crippen LogP contribution in [0.5, 0.6) is 11.6 Å². The van der Waals surface area contributed by atoms with E-state index in [1.54, 1.807) is 6.07 Å². The third-order valence-electron chi connectivity index (χ3n) is 3.33. The highest BCUT2D eigenvalue weighted by atomic mass is 35.5. The van der Waals surface area contributed by atoms with E-state index in [1.165, 1.54) is 36.7 Å². The van der Waals surface area contributed by atoms with Crippen LogP contribution in [-0.2, 0) is 9.84 Å². The number of halogens is 1. The summed E-state index contributed by atoms with van der Waals surface area (Å²) in [6.07, 6.45) is 2.36. The Morgan fingerprint density at radius 3 is 2.56 bits per heavy atom. The molecule has 1 heterocycles. The van der Waals surface area contributed by atoms with Crippen molar-refractivity contribution in [3.63, 3.8) is 0 Å². The maximum Gasteiger partial charge on any atom is 0.288 e. The first-order valence-electron chi connectivity index (χ1n) is 6.82. The fraction of sp³-hybridized carbons (Fsp3) is 0.0667. The van der Waals surface area contributed by atoms with Gasteiger partial charge in [0.15, 0.2) is 9.84 Å². The monoisotopic (exact) mass is 379 g/mol. The summed E-state index contributed by atoms with van der Waals surface area (Å²) in [5.74, 6) is 0.334. The molecule has 1 aromatic heterocycles. The number of hydrogen-bond acceptors (Lipinski definition) is 7. The smallest absolute Gasteiger partial charge is 0.288 e. The van der Waals surface area contributed by atoms with Crippen LogP contribution in [0.1, 0.15) is 0 Å². The summed E-state index contributed by atoms with van der Waals surface area (Å²) >= 11 is 5.86. The van der Waals surface area contributed by atoms with Crippen LogP contribution >= 0.6 is 11.6 Å². The first-order valence-corrected chi connectivity index (χ1v) is 9.09. The van der Waals surface area contributed by atoms with Gasteiger partial charge in [0.25, 0.3) is 5.69 Å². The van der Waals surface area contributed by atoms with E-state index in [-0.39, 0.29) is 27.2 Å². The minimum absolute atomic E-state index is 0.0855. The van der Waals surface area contributed by atoms with Gasteiger partial charge in [-0.2, -0.15) is 0 Å². The average Bonchev–Trinajstić information content (AvgIpc) is 2.53. The summed E-state index contributed by atoms with van der Waals surface area (Å²) in [6.45, 7) is 0. The molecular formula is C15H10ClN3O5S. The Morgan fingerprint density at radius 2 is 1.92 bits per heavy atom. The topological polar surface area (TPSA) is 112 Å². The zero-order valence-corrected chi connectivity index (χ0v) is 14.3. The lowest BCUT2D eigenvalue weighted by molar-refractivity contribution is -0.384. The van der Waals surface area contributed by atoms with Gasteiger partial charge in [0.1, 0.15) is 17.1 Å². The first-order chi connectivity index (χ1) is 11.8. The van der Waals surface area contributed by atoms with Crippen molar-refractivity contribution in [2.75, 3.05) is 6.26 Å². The maximum atomic E-state index is 11.7. The van der Waals surface area contributed by atoms with Gasteiger partial charge < -0.3 is 4.74 Å². The third-order valence-corrected chi connectivity index (χ3v) is 4.74. The molecule has 0 saturated heterocycles. The van der Waals surface area contributed by atoms with Crippen molar-refractivity contribution in [3.8, 4) is 11.6 Å². The lowest BCUT2D eigenvalue weighted by Crippen LogP contribution is -1.98. The van der Waals surface area contributed by atoms with Crippen molar-refractivity contribution in [1.29, 1.82) is 0 Å². The molecule has 0 aliphatic rings. The Morgan fingerprint density at radius 1 is 1.16 bits per heavy atom. The molecule has 0 fully saturated rings. The Hall–Kier alpha value is -2.78. The molecule has 0 spiro atoms. The van der Waals surface area contributed by atoms with E-state index >= 15 is 0 Å². The fourth-order valence-corrected chi connectivity index (χ4v) is 3.02. The van der Waals surface area contributed by atoms with Crippen LogP contribution in [0.2, 0.25) is 5.02 Å². The van der Waals surface area contributed by atoms with Crippen LogP contribution in [0.4, 0.5) is 5.69 Å². The van der Waals surface area contributed by atoms with Gasteiger partial charge in [0, 0.05) is 18.4 Å². The van der Waals surface area contributed by atoms with Crippen molar-refractivity contribution in [1.82, 2.24) is 9.97 Å². The number of ether oxygens (including phenoxy) is 1. The molecule has 2 aromatic carbocycles. The number of nitro benzene ring substituents is 1. The quantitative estimate of drug-likeness (QED) is 0.504. The SMILES string of the molecule is CS(=O)(=O)c1ccc2ncnc(Oc3ccc([N+](=O)[O-])c(Cl)c3)c2c1. The number of hydrogen-bond donors (Lipinski definition) is 0. The summed E-state index contributed by atoms with van der Waals surface area (Å²) in [4.78, 5) is 18.4. The molecular weight excluding hydrogens is 370 g/mol.